The smallest absolute Gasteiger partial charge is 0.223 e. The summed E-state index contributed by atoms with van der Waals surface area (Å²) in [7, 11) is 0. The van der Waals surface area contributed by atoms with Gasteiger partial charge in [0.25, 0.3) is 0 Å². The molecule has 2 saturated heterocycles. The van der Waals surface area contributed by atoms with Gasteiger partial charge in [0.05, 0.1) is 10.6 Å². The van der Waals surface area contributed by atoms with Gasteiger partial charge in [0, 0.05) is 37.8 Å². The average molecular weight is 279 g/mol. The number of aldehydes is 1. The molecular weight excluding hydrogens is 264 g/mol. The van der Waals surface area contributed by atoms with E-state index in [1.807, 2.05) is 17.0 Å². The molecule has 2 heterocycles. The summed E-state index contributed by atoms with van der Waals surface area (Å²) in [6.45, 7) is 2.27. The molecule has 100 valence electrons. The summed E-state index contributed by atoms with van der Waals surface area (Å²) < 4.78 is 0. The van der Waals surface area contributed by atoms with Gasteiger partial charge in [0.2, 0.25) is 5.91 Å². The number of nitrogens with zero attached hydrogens (tertiary/aromatic N) is 2. The van der Waals surface area contributed by atoms with Gasteiger partial charge in [0.1, 0.15) is 0 Å². The van der Waals surface area contributed by atoms with Crippen molar-refractivity contribution in [3.8, 4) is 0 Å². The van der Waals surface area contributed by atoms with Crippen LogP contribution in [0.4, 0.5) is 5.69 Å². The topological polar surface area (TPSA) is 40.6 Å². The van der Waals surface area contributed by atoms with Gasteiger partial charge in [-0.3, -0.25) is 9.59 Å². The third-order valence-electron chi connectivity index (χ3n) is 3.98. The SMILES string of the molecule is O=Cc1c(Cl)cccc1N1CCN2C(=O)CCC2C1. The molecule has 0 N–H and O–H groups in total. The van der Waals surface area contributed by atoms with Gasteiger partial charge in [-0.25, -0.2) is 0 Å². The number of hydrogen-bond acceptors (Lipinski definition) is 3. The van der Waals surface area contributed by atoms with E-state index in [1.54, 1.807) is 6.07 Å². The van der Waals surface area contributed by atoms with Crippen LogP contribution in [0.15, 0.2) is 18.2 Å². The second-order valence-corrected chi connectivity index (χ2v) is 5.42. The van der Waals surface area contributed by atoms with E-state index in [-0.39, 0.29) is 11.9 Å². The Balaban J connectivity index is 1.86. The lowest BCUT2D eigenvalue weighted by Crippen LogP contribution is -2.51. The highest BCUT2D eigenvalue weighted by Crippen LogP contribution is 2.30. The van der Waals surface area contributed by atoms with Crippen molar-refractivity contribution in [1.29, 1.82) is 0 Å². The molecule has 5 heteroatoms. The molecule has 0 saturated carbocycles. The lowest BCUT2D eigenvalue weighted by Gasteiger charge is -2.39. The number of piperazine rings is 1. The van der Waals surface area contributed by atoms with Crippen LogP contribution in [0.2, 0.25) is 5.02 Å². The molecule has 0 aromatic heterocycles. The van der Waals surface area contributed by atoms with Crippen LogP contribution in [0.1, 0.15) is 23.2 Å². The standard InChI is InChI=1S/C14H15ClN2O2/c15-12-2-1-3-13(11(12)9-18)16-6-7-17-10(8-16)4-5-14(17)19/h1-3,9-10H,4-8H2. The highest BCUT2D eigenvalue weighted by Gasteiger charge is 2.35. The molecule has 4 nitrogen and oxygen atoms in total. The van der Waals surface area contributed by atoms with Gasteiger partial charge < -0.3 is 9.80 Å². The summed E-state index contributed by atoms with van der Waals surface area (Å²) in [6.07, 6.45) is 2.37. The van der Waals surface area contributed by atoms with Crippen molar-refractivity contribution in [2.75, 3.05) is 24.5 Å². The number of fused-ring (bicyclic) bond motifs is 1. The molecule has 1 unspecified atom stereocenters. The first-order chi connectivity index (χ1) is 9.20. The van der Waals surface area contributed by atoms with E-state index in [4.69, 9.17) is 11.6 Å². The lowest BCUT2D eigenvalue weighted by molar-refractivity contribution is -0.129. The first kappa shape index (κ1) is 12.5. The van der Waals surface area contributed by atoms with Crippen LogP contribution in [0.5, 0.6) is 0 Å². The Kier molecular flexibility index (Phi) is 3.19. The maximum absolute atomic E-state index is 11.7. The fraction of sp³-hybridized carbons (Fsp3) is 0.429. The van der Waals surface area contributed by atoms with Crippen LogP contribution in [-0.2, 0) is 4.79 Å². The van der Waals surface area contributed by atoms with Gasteiger partial charge in [-0.05, 0) is 18.6 Å². The number of hydrogen-bond donors (Lipinski definition) is 0. The van der Waals surface area contributed by atoms with Crippen molar-refractivity contribution in [2.24, 2.45) is 0 Å². The molecule has 0 spiro atoms. The van der Waals surface area contributed by atoms with Crippen molar-refractivity contribution >= 4 is 29.5 Å². The number of amides is 1. The highest BCUT2D eigenvalue weighted by molar-refractivity contribution is 6.33. The zero-order chi connectivity index (χ0) is 13.4. The molecule has 3 rings (SSSR count). The van der Waals surface area contributed by atoms with Crippen LogP contribution >= 0.6 is 11.6 Å². The Morgan fingerprint density at radius 3 is 2.95 bits per heavy atom. The zero-order valence-electron chi connectivity index (χ0n) is 10.5. The van der Waals surface area contributed by atoms with Gasteiger partial charge in [-0.2, -0.15) is 0 Å². The minimum absolute atomic E-state index is 0.256. The van der Waals surface area contributed by atoms with Gasteiger partial charge in [-0.1, -0.05) is 17.7 Å². The number of carbonyl (C=O) groups excluding carboxylic acids is 2. The van der Waals surface area contributed by atoms with E-state index in [0.717, 1.165) is 38.0 Å². The van der Waals surface area contributed by atoms with Crippen LogP contribution in [0, 0.1) is 0 Å². The minimum atomic E-state index is 0.256. The summed E-state index contributed by atoms with van der Waals surface area (Å²) >= 11 is 6.06. The molecule has 1 amide bonds. The van der Waals surface area contributed by atoms with Crippen molar-refractivity contribution in [2.45, 2.75) is 18.9 Å². The summed E-state index contributed by atoms with van der Waals surface area (Å²) in [5, 5.41) is 0.484. The van der Waals surface area contributed by atoms with E-state index >= 15 is 0 Å². The van der Waals surface area contributed by atoms with Crippen LogP contribution in [0.25, 0.3) is 0 Å². The van der Waals surface area contributed by atoms with Crippen molar-refractivity contribution in [3.05, 3.63) is 28.8 Å². The minimum Gasteiger partial charge on any atom is -0.367 e. The maximum Gasteiger partial charge on any atom is 0.223 e. The average Bonchev–Trinajstić information content (AvgIpc) is 2.79. The fourth-order valence-corrected chi connectivity index (χ4v) is 3.22. The predicted molar refractivity (Wildman–Crippen MR) is 73.8 cm³/mol. The maximum atomic E-state index is 11.7. The molecule has 2 aliphatic rings. The van der Waals surface area contributed by atoms with Crippen LogP contribution < -0.4 is 4.90 Å². The number of carbonyl (C=O) groups is 2. The number of rotatable bonds is 2. The molecule has 1 atom stereocenters. The fourth-order valence-electron chi connectivity index (χ4n) is 3.00. The normalized spacial score (nSPS) is 22.6. The van der Waals surface area contributed by atoms with Gasteiger partial charge in [0.15, 0.2) is 6.29 Å². The molecule has 1 aromatic rings. The number of halogens is 1. The van der Waals surface area contributed by atoms with Crippen molar-refractivity contribution in [3.63, 3.8) is 0 Å². The molecule has 0 aliphatic carbocycles. The summed E-state index contributed by atoms with van der Waals surface area (Å²) in [5.74, 6) is 0.256. The second kappa shape index (κ2) is 4.85. The summed E-state index contributed by atoms with van der Waals surface area (Å²) in [5.41, 5.74) is 1.42. The van der Waals surface area contributed by atoms with E-state index in [0.29, 0.717) is 17.0 Å². The van der Waals surface area contributed by atoms with E-state index < -0.39 is 0 Å². The lowest BCUT2D eigenvalue weighted by atomic mass is 10.1. The number of benzene rings is 1. The summed E-state index contributed by atoms with van der Waals surface area (Å²) in [4.78, 5) is 27.0. The first-order valence-corrected chi connectivity index (χ1v) is 6.86. The Morgan fingerprint density at radius 1 is 1.32 bits per heavy atom. The van der Waals surface area contributed by atoms with Crippen LogP contribution in [-0.4, -0.2) is 42.8 Å². The van der Waals surface area contributed by atoms with E-state index in [1.165, 1.54) is 0 Å². The first-order valence-electron chi connectivity index (χ1n) is 6.49. The molecule has 19 heavy (non-hydrogen) atoms. The van der Waals surface area contributed by atoms with Crippen molar-refractivity contribution in [1.82, 2.24) is 4.90 Å². The van der Waals surface area contributed by atoms with E-state index in [2.05, 4.69) is 4.90 Å². The van der Waals surface area contributed by atoms with Gasteiger partial charge >= 0.3 is 0 Å². The highest BCUT2D eigenvalue weighted by atomic mass is 35.5. The third kappa shape index (κ3) is 2.10. The number of anilines is 1. The molecule has 0 bridgehead atoms. The predicted octanol–water partition coefficient (Wildman–Crippen LogP) is 1.96. The van der Waals surface area contributed by atoms with E-state index in [9.17, 15) is 9.59 Å². The quantitative estimate of drug-likeness (QED) is 0.777. The third-order valence-corrected chi connectivity index (χ3v) is 4.31. The second-order valence-electron chi connectivity index (χ2n) is 5.02. The Bertz CT molecular complexity index is 532. The molecular formula is C14H15ClN2O2. The molecule has 0 radical (unpaired) electrons. The summed E-state index contributed by atoms with van der Waals surface area (Å²) in [6, 6.07) is 5.78. The Hall–Kier alpha value is -1.55. The largest absolute Gasteiger partial charge is 0.367 e. The Labute approximate surface area is 116 Å². The molecule has 1 aromatic carbocycles. The zero-order valence-corrected chi connectivity index (χ0v) is 11.3. The molecule has 2 aliphatic heterocycles. The van der Waals surface area contributed by atoms with Crippen molar-refractivity contribution < 1.29 is 9.59 Å². The van der Waals surface area contributed by atoms with Gasteiger partial charge in [-0.15, -0.1) is 0 Å². The monoisotopic (exact) mass is 278 g/mol. The molecule has 2 fully saturated rings. The van der Waals surface area contributed by atoms with Crippen LogP contribution in [0.3, 0.4) is 0 Å². The Morgan fingerprint density at radius 2 is 2.16 bits per heavy atom.